The molecule has 1 aliphatic heterocycles. The van der Waals surface area contributed by atoms with E-state index in [2.05, 4.69) is 30.9 Å². The Kier molecular flexibility index (Phi) is 7.22. The van der Waals surface area contributed by atoms with Gasteiger partial charge in [-0.15, -0.1) is 0 Å². The molecule has 4 rings (SSSR count). The van der Waals surface area contributed by atoms with E-state index in [4.69, 9.17) is 21.3 Å². The highest BCUT2D eigenvalue weighted by Gasteiger charge is 2.46. The number of hydrogen-bond donors (Lipinski definition) is 0. The van der Waals surface area contributed by atoms with E-state index in [0.717, 1.165) is 35.6 Å². The number of rotatable bonds is 6. The number of allylic oxidation sites excluding steroid dienone is 1. The van der Waals surface area contributed by atoms with E-state index < -0.39 is 17.8 Å². The second-order valence-electron chi connectivity index (χ2n) is 8.91. The van der Waals surface area contributed by atoms with Crippen LogP contribution >= 0.6 is 11.6 Å². The summed E-state index contributed by atoms with van der Waals surface area (Å²) in [5.74, 6) is -1.25. The van der Waals surface area contributed by atoms with Gasteiger partial charge in [0.1, 0.15) is 5.78 Å². The molecule has 0 radical (unpaired) electrons. The summed E-state index contributed by atoms with van der Waals surface area (Å²) in [6, 6.07) is 15.9. The molecule has 6 heteroatoms. The number of nitrogens with zero attached hydrogens (tertiary/aromatic N) is 2. The van der Waals surface area contributed by atoms with E-state index in [9.17, 15) is 9.59 Å². The lowest BCUT2D eigenvalue weighted by atomic mass is 9.66. The van der Waals surface area contributed by atoms with Crippen molar-refractivity contribution in [2.75, 3.05) is 25.1 Å². The summed E-state index contributed by atoms with van der Waals surface area (Å²) in [6.07, 6.45) is 1.01. The van der Waals surface area contributed by atoms with Gasteiger partial charge in [-0.05, 0) is 62.4 Å². The number of hydrogen-bond acceptors (Lipinski definition) is 5. The van der Waals surface area contributed by atoms with Gasteiger partial charge in [-0.1, -0.05) is 41.9 Å². The van der Waals surface area contributed by atoms with Gasteiger partial charge >= 0.3 is 5.97 Å². The van der Waals surface area contributed by atoms with Gasteiger partial charge in [0.05, 0.1) is 18.6 Å². The van der Waals surface area contributed by atoms with Crippen LogP contribution in [0.1, 0.15) is 56.6 Å². The molecule has 2 aliphatic rings. The molecule has 0 aromatic heterocycles. The molecule has 0 amide bonds. The predicted octanol–water partition coefficient (Wildman–Crippen LogP) is 5.93. The molecule has 0 N–H and O–H groups in total. The Morgan fingerprint density at radius 1 is 1.06 bits per heavy atom. The monoisotopic (exact) mass is 478 g/mol. The topological polar surface area (TPSA) is 59.0 Å². The minimum absolute atomic E-state index is 0.0191. The van der Waals surface area contributed by atoms with Gasteiger partial charge in [0, 0.05) is 47.5 Å². The number of ether oxygens (including phenoxy) is 1. The van der Waals surface area contributed by atoms with Gasteiger partial charge in [0.15, 0.2) is 0 Å². The molecule has 1 heterocycles. The van der Waals surface area contributed by atoms with Crippen LogP contribution in [-0.2, 0) is 14.3 Å². The molecule has 0 bridgehead atoms. The van der Waals surface area contributed by atoms with Crippen LogP contribution in [0.3, 0.4) is 0 Å². The highest BCUT2D eigenvalue weighted by Crippen LogP contribution is 2.46. The third-order valence-electron chi connectivity index (χ3n) is 7.09. The first-order valence-corrected chi connectivity index (χ1v) is 12.3. The average molecular weight is 479 g/mol. The van der Waals surface area contributed by atoms with Gasteiger partial charge in [-0.2, -0.15) is 0 Å². The lowest BCUT2D eigenvalue weighted by Crippen LogP contribution is -2.41. The van der Waals surface area contributed by atoms with Crippen LogP contribution in [-0.4, -0.2) is 37.7 Å². The van der Waals surface area contributed by atoms with Crippen molar-refractivity contribution >= 4 is 34.8 Å². The van der Waals surface area contributed by atoms with E-state index in [-0.39, 0.29) is 11.7 Å². The Morgan fingerprint density at radius 3 is 2.35 bits per heavy atom. The summed E-state index contributed by atoms with van der Waals surface area (Å²) < 4.78 is 5.13. The molecule has 2 aromatic rings. The molecule has 34 heavy (non-hydrogen) atoms. The molecule has 1 fully saturated rings. The van der Waals surface area contributed by atoms with Crippen LogP contribution in [0.4, 0.5) is 5.69 Å². The molecule has 1 aliphatic carbocycles. The van der Waals surface area contributed by atoms with Gasteiger partial charge in [-0.25, -0.2) is 4.79 Å². The number of anilines is 1. The summed E-state index contributed by atoms with van der Waals surface area (Å²) in [7, 11) is 1.37. The van der Waals surface area contributed by atoms with Crippen molar-refractivity contribution in [3.63, 3.8) is 0 Å². The number of aliphatic imine (C=N–C) groups is 1. The van der Waals surface area contributed by atoms with Crippen molar-refractivity contribution in [2.45, 2.75) is 45.4 Å². The van der Waals surface area contributed by atoms with Crippen LogP contribution in [0.2, 0.25) is 5.02 Å². The summed E-state index contributed by atoms with van der Waals surface area (Å²) in [6.45, 7) is 7.90. The van der Waals surface area contributed by atoms with Crippen LogP contribution in [0.5, 0.6) is 0 Å². The van der Waals surface area contributed by atoms with Crippen LogP contribution < -0.4 is 4.90 Å². The SMILES string of the molecule is CCN(CC)c1ccc([C@@H]2C(C(=O)OC)=C(C)N=C3C[C@@H](c4ccccc4Cl)CC(=O)C32)cc1. The quantitative estimate of drug-likeness (QED) is 0.482. The fourth-order valence-corrected chi connectivity index (χ4v) is 5.71. The normalized spacial score (nSPS) is 22.2. The number of methoxy groups -OCH3 is 1. The number of carbonyl (C=O) groups is 2. The van der Waals surface area contributed by atoms with Gasteiger partial charge in [-0.3, -0.25) is 9.79 Å². The number of esters is 1. The lowest BCUT2D eigenvalue weighted by Gasteiger charge is -2.38. The van der Waals surface area contributed by atoms with E-state index in [0.29, 0.717) is 29.1 Å². The molecule has 1 saturated carbocycles. The first kappa shape index (κ1) is 24.2. The highest BCUT2D eigenvalue weighted by atomic mass is 35.5. The van der Waals surface area contributed by atoms with Gasteiger partial charge in [0.25, 0.3) is 0 Å². The molecule has 0 saturated heterocycles. The minimum Gasteiger partial charge on any atom is -0.466 e. The number of fused-ring (bicyclic) bond motifs is 1. The summed E-state index contributed by atoms with van der Waals surface area (Å²) in [5, 5.41) is 0.668. The van der Waals surface area contributed by atoms with Crippen molar-refractivity contribution in [3.8, 4) is 0 Å². The Bertz CT molecular complexity index is 1150. The third-order valence-corrected chi connectivity index (χ3v) is 7.43. The van der Waals surface area contributed by atoms with Crippen molar-refractivity contribution in [1.82, 2.24) is 0 Å². The van der Waals surface area contributed by atoms with Gasteiger partial charge < -0.3 is 9.64 Å². The molecule has 3 atom stereocenters. The van der Waals surface area contributed by atoms with E-state index in [1.54, 1.807) is 0 Å². The molecule has 0 spiro atoms. The maximum atomic E-state index is 13.6. The van der Waals surface area contributed by atoms with Crippen molar-refractivity contribution in [3.05, 3.63) is 76.0 Å². The smallest absolute Gasteiger partial charge is 0.336 e. The standard InChI is InChI=1S/C28H31ClN2O3/c1-5-31(6-2)20-13-11-18(12-14-20)26-25(28(33)34-4)17(3)30-23-15-19(16-24(32)27(23)26)21-9-7-8-10-22(21)29/h7-14,19,26-27H,5-6,15-16H2,1-4H3/t19-,26-,27?/m1/s1. The van der Waals surface area contributed by atoms with Crippen LogP contribution in [0.25, 0.3) is 0 Å². The molecule has 178 valence electrons. The van der Waals surface area contributed by atoms with Crippen LogP contribution in [0, 0.1) is 5.92 Å². The Hall–Kier alpha value is -2.92. The molecular formula is C28H31ClN2O3. The van der Waals surface area contributed by atoms with Crippen molar-refractivity contribution in [2.24, 2.45) is 10.9 Å². The first-order chi connectivity index (χ1) is 16.4. The summed E-state index contributed by atoms with van der Waals surface area (Å²) in [5.41, 5.74) is 4.92. The molecule has 2 aromatic carbocycles. The Balaban J connectivity index is 1.76. The molecular weight excluding hydrogens is 448 g/mol. The minimum atomic E-state index is -0.476. The number of benzene rings is 2. The van der Waals surface area contributed by atoms with Crippen LogP contribution in [0.15, 0.2) is 64.8 Å². The maximum Gasteiger partial charge on any atom is 0.336 e. The predicted molar refractivity (Wildman–Crippen MR) is 137 cm³/mol. The van der Waals surface area contributed by atoms with E-state index in [1.807, 2.05) is 43.3 Å². The highest BCUT2D eigenvalue weighted by molar-refractivity contribution is 6.31. The zero-order valence-electron chi connectivity index (χ0n) is 20.2. The largest absolute Gasteiger partial charge is 0.466 e. The van der Waals surface area contributed by atoms with Crippen molar-refractivity contribution < 1.29 is 14.3 Å². The van der Waals surface area contributed by atoms with Gasteiger partial charge in [0.2, 0.25) is 0 Å². The second kappa shape index (κ2) is 10.1. The maximum absolute atomic E-state index is 13.6. The fraction of sp³-hybridized carbons (Fsp3) is 0.393. The number of carbonyl (C=O) groups excluding carboxylic acids is 2. The summed E-state index contributed by atoms with van der Waals surface area (Å²) >= 11 is 6.46. The Labute approximate surface area is 206 Å². The first-order valence-electron chi connectivity index (χ1n) is 11.9. The zero-order chi connectivity index (χ0) is 24.4. The summed E-state index contributed by atoms with van der Waals surface area (Å²) in [4.78, 5) is 33.5. The number of Topliss-reactive ketones (excluding diaryl/α,β-unsaturated/α-hetero) is 1. The third kappa shape index (κ3) is 4.41. The van der Waals surface area contributed by atoms with E-state index in [1.165, 1.54) is 7.11 Å². The second-order valence-corrected chi connectivity index (χ2v) is 9.31. The van der Waals surface area contributed by atoms with E-state index >= 15 is 0 Å². The Morgan fingerprint density at radius 2 is 1.74 bits per heavy atom. The molecule has 5 nitrogen and oxygen atoms in total. The van der Waals surface area contributed by atoms with Crippen molar-refractivity contribution in [1.29, 1.82) is 0 Å². The number of halogens is 1. The fourth-order valence-electron chi connectivity index (χ4n) is 5.42. The zero-order valence-corrected chi connectivity index (χ0v) is 20.9. The lowest BCUT2D eigenvalue weighted by molar-refractivity contribution is -0.136. The number of ketones is 1. The molecule has 1 unspecified atom stereocenters. The average Bonchev–Trinajstić information content (AvgIpc) is 2.84.